The first kappa shape index (κ1) is 13.7. The van der Waals surface area contributed by atoms with Crippen molar-refractivity contribution in [2.45, 2.75) is 32.8 Å². The number of nitrogen functional groups attached to an aromatic ring is 1. The number of aromatic nitrogens is 2. The largest absolute Gasteiger partial charge is 0.384 e. The second kappa shape index (κ2) is 5.52. The minimum absolute atomic E-state index is 0.0463. The molecule has 19 heavy (non-hydrogen) atoms. The molecule has 1 saturated heterocycles. The molecule has 2 rings (SSSR count). The van der Waals surface area contributed by atoms with Gasteiger partial charge in [-0.05, 0) is 32.3 Å². The quantitative estimate of drug-likeness (QED) is 0.627. The van der Waals surface area contributed by atoms with Crippen LogP contribution in [-0.2, 0) is 4.74 Å². The summed E-state index contributed by atoms with van der Waals surface area (Å²) in [7, 11) is 1.73. The maximum Gasteiger partial charge on any atom is 0.162 e. The molecule has 1 aliphatic rings. The maximum absolute atomic E-state index is 7.78. The highest BCUT2D eigenvalue weighted by molar-refractivity contribution is 6.01. The number of rotatable bonds is 3. The van der Waals surface area contributed by atoms with Crippen LogP contribution in [0.3, 0.4) is 0 Å². The predicted molar refractivity (Wildman–Crippen MR) is 74.8 cm³/mol. The number of methoxy groups -OCH3 is 1. The lowest BCUT2D eigenvalue weighted by atomic mass is 10.0. The topological polar surface area (TPSA) is 88.1 Å². The molecule has 0 radical (unpaired) electrons. The molecule has 6 nitrogen and oxygen atoms in total. The van der Waals surface area contributed by atoms with E-state index in [4.69, 9.17) is 15.9 Å². The van der Waals surface area contributed by atoms with Gasteiger partial charge in [-0.3, -0.25) is 5.41 Å². The van der Waals surface area contributed by atoms with E-state index in [1.54, 1.807) is 7.11 Å². The van der Waals surface area contributed by atoms with Crippen LogP contribution in [0.5, 0.6) is 0 Å². The molecule has 0 aromatic carbocycles. The number of anilines is 1. The summed E-state index contributed by atoms with van der Waals surface area (Å²) >= 11 is 0. The summed E-state index contributed by atoms with van der Waals surface area (Å²) in [4.78, 5) is 2.12. The van der Waals surface area contributed by atoms with Crippen molar-refractivity contribution in [2.75, 3.05) is 25.1 Å². The number of nitrogens with zero attached hydrogens (tertiary/aromatic N) is 3. The van der Waals surface area contributed by atoms with Crippen molar-refractivity contribution < 1.29 is 4.74 Å². The van der Waals surface area contributed by atoms with Gasteiger partial charge in [0.1, 0.15) is 5.84 Å². The number of nitrogens with two attached hydrogens (primary N) is 1. The summed E-state index contributed by atoms with van der Waals surface area (Å²) < 4.78 is 5.42. The molecule has 0 bridgehead atoms. The normalized spacial score (nSPS) is 19.5. The molecule has 0 saturated carbocycles. The minimum Gasteiger partial charge on any atom is -0.384 e. The van der Waals surface area contributed by atoms with E-state index < -0.39 is 0 Å². The lowest BCUT2D eigenvalue weighted by Gasteiger charge is -2.33. The number of hydrogen-bond donors (Lipinski definition) is 2. The van der Waals surface area contributed by atoms with Crippen molar-refractivity contribution in [3.63, 3.8) is 0 Å². The third kappa shape index (κ3) is 2.68. The van der Waals surface area contributed by atoms with Crippen LogP contribution < -0.4 is 10.6 Å². The summed E-state index contributed by atoms with van der Waals surface area (Å²) in [6.07, 6.45) is 2.31. The number of ether oxygens (including phenoxy) is 1. The van der Waals surface area contributed by atoms with Crippen LogP contribution in [0.1, 0.15) is 29.7 Å². The smallest absolute Gasteiger partial charge is 0.162 e. The maximum atomic E-state index is 7.78. The fraction of sp³-hybridized carbons (Fsp3) is 0.615. The number of nitrogens with one attached hydrogen (secondary N) is 1. The molecular weight excluding hydrogens is 242 g/mol. The Morgan fingerprint density at radius 3 is 2.79 bits per heavy atom. The second-order valence-electron chi connectivity index (χ2n) is 4.97. The molecule has 1 fully saturated rings. The fourth-order valence-corrected chi connectivity index (χ4v) is 2.46. The van der Waals surface area contributed by atoms with E-state index in [2.05, 4.69) is 15.1 Å². The Morgan fingerprint density at radius 1 is 1.42 bits per heavy atom. The lowest BCUT2D eigenvalue weighted by molar-refractivity contribution is 0.0891. The van der Waals surface area contributed by atoms with Gasteiger partial charge in [0.2, 0.25) is 0 Å². The van der Waals surface area contributed by atoms with Crippen LogP contribution in [0.2, 0.25) is 0 Å². The van der Waals surface area contributed by atoms with Crippen LogP contribution in [0.4, 0.5) is 5.82 Å². The Morgan fingerprint density at radius 2 is 2.16 bits per heavy atom. The van der Waals surface area contributed by atoms with E-state index in [0.29, 0.717) is 11.4 Å². The van der Waals surface area contributed by atoms with Crippen molar-refractivity contribution in [2.24, 2.45) is 5.73 Å². The van der Waals surface area contributed by atoms with Gasteiger partial charge in [-0.15, -0.1) is 5.10 Å². The standard InChI is InChI=1S/C13H21N5O/c1-8-9(2)16-17-13(11(8)12(14)15)18-6-4-5-10(7-18)19-3/h10H,4-7H2,1-3H3,(H3,14,15). The van der Waals surface area contributed by atoms with Gasteiger partial charge in [-0.2, -0.15) is 5.10 Å². The summed E-state index contributed by atoms with van der Waals surface area (Å²) in [5.41, 5.74) is 8.16. The highest BCUT2D eigenvalue weighted by atomic mass is 16.5. The van der Waals surface area contributed by atoms with Gasteiger partial charge in [0.15, 0.2) is 5.82 Å². The van der Waals surface area contributed by atoms with Crippen molar-refractivity contribution in [1.29, 1.82) is 5.41 Å². The van der Waals surface area contributed by atoms with Gasteiger partial charge >= 0.3 is 0 Å². The first-order valence-corrected chi connectivity index (χ1v) is 6.50. The van der Waals surface area contributed by atoms with E-state index in [1.807, 2.05) is 13.8 Å². The third-order valence-electron chi connectivity index (χ3n) is 3.72. The van der Waals surface area contributed by atoms with Crippen LogP contribution in [0.15, 0.2) is 0 Å². The molecule has 1 unspecified atom stereocenters. The van der Waals surface area contributed by atoms with Crippen molar-refractivity contribution >= 4 is 11.7 Å². The summed E-state index contributed by atoms with van der Waals surface area (Å²) in [5, 5.41) is 16.2. The Labute approximate surface area is 113 Å². The zero-order valence-electron chi connectivity index (χ0n) is 11.7. The third-order valence-corrected chi connectivity index (χ3v) is 3.72. The molecule has 6 heteroatoms. The lowest BCUT2D eigenvalue weighted by Crippen LogP contribution is -2.41. The van der Waals surface area contributed by atoms with E-state index in [-0.39, 0.29) is 11.9 Å². The van der Waals surface area contributed by atoms with Crippen molar-refractivity contribution in [3.05, 3.63) is 16.8 Å². The van der Waals surface area contributed by atoms with Gasteiger partial charge in [-0.1, -0.05) is 0 Å². The van der Waals surface area contributed by atoms with Gasteiger partial charge in [-0.25, -0.2) is 0 Å². The SMILES string of the molecule is COC1CCCN(c2nnc(C)c(C)c2C(=N)N)C1. The van der Waals surface area contributed by atoms with Gasteiger partial charge in [0.25, 0.3) is 0 Å². The van der Waals surface area contributed by atoms with Gasteiger partial charge in [0, 0.05) is 20.2 Å². The average Bonchev–Trinajstić information content (AvgIpc) is 2.41. The molecule has 0 amide bonds. The molecule has 1 atom stereocenters. The molecule has 3 N–H and O–H groups in total. The Bertz CT molecular complexity index is 488. The number of aryl methyl sites for hydroxylation is 1. The zero-order valence-corrected chi connectivity index (χ0v) is 11.7. The van der Waals surface area contributed by atoms with Gasteiger partial charge < -0.3 is 15.4 Å². The Hall–Kier alpha value is -1.69. The summed E-state index contributed by atoms with van der Waals surface area (Å²) in [5.74, 6) is 0.752. The van der Waals surface area contributed by atoms with E-state index >= 15 is 0 Å². The molecule has 1 aliphatic heterocycles. The number of piperidine rings is 1. The minimum atomic E-state index is 0.0463. The molecule has 104 valence electrons. The van der Waals surface area contributed by atoms with Crippen LogP contribution in [0, 0.1) is 19.3 Å². The highest BCUT2D eigenvalue weighted by Crippen LogP contribution is 2.25. The number of hydrogen-bond acceptors (Lipinski definition) is 5. The first-order valence-electron chi connectivity index (χ1n) is 6.50. The molecule has 1 aromatic rings. The van der Waals surface area contributed by atoms with Crippen molar-refractivity contribution in [1.82, 2.24) is 10.2 Å². The predicted octanol–water partition coefficient (Wildman–Crippen LogP) is 0.993. The molecule has 2 heterocycles. The summed E-state index contributed by atoms with van der Waals surface area (Å²) in [6.45, 7) is 5.49. The Balaban J connectivity index is 2.39. The van der Waals surface area contributed by atoms with Crippen LogP contribution in [-0.4, -0.2) is 42.3 Å². The van der Waals surface area contributed by atoms with E-state index in [1.165, 1.54) is 0 Å². The average molecular weight is 263 g/mol. The summed E-state index contributed by atoms with van der Waals surface area (Å²) in [6, 6.07) is 0. The van der Waals surface area contributed by atoms with E-state index in [9.17, 15) is 0 Å². The molecule has 0 spiro atoms. The van der Waals surface area contributed by atoms with Crippen molar-refractivity contribution in [3.8, 4) is 0 Å². The zero-order chi connectivity index (χ0) is 14.0. The monoisotopic (exact) mass is 263 g/mol. The Kier molecular flexibility index (Phi) is 3.99. The number of amidine groups is 1. The second-order valence-corrected chi connectivity index (χ2v) is 4.97. The first-order chi connectivity index (χ1) is 9.04. The fourth-order valence-electron chi connectivity index (χ4n) is 2.46. The van der Waals surface area contributed by atoms with E-state index in [0.717, 1.165) is 37.2 Å². The van der Waals surface area contributed by atoms with Crippen LogP contribution >= 0.6 is 0 Å². The van der Waals surface area contributed by atoms with Crippen LogP contribution in [0.25, 0.3) is 0 Å². The van der Waals surface area contributed by atoms with Gasteiger partial charge in [0.05, 0.1) is 17.4 Å². The molecular formula is C13H21N5O. The molecule has 0 aliphatic carbocycles. The molecule has 1 aromatic heterocycles. The highest BCUT2D eigenvalue weighted by Gasteiger charge is 2.25.